The number of halogens is 2. The Morgan fingerprint density at radius 2 is 2.31 bits per heavy atom. The second-order valence-corrected chi connectivity index (χ2v) is 5.24. The average molecular weight is 263 g/mol. The molecule has 0 fully saturated rings. The number of carbonyl (C=O) groups is 1. The second-order valence-electron chi connectivity index (χ2n) is 3.43. The first-order valence-corrected chi connectivity index (χ1v) is 6.19. The maximum Gasteiger partial charge on any atom is 0.304 e. The van der Waals surface area contributed by atoms with Crippen LogP contribution in [0.1, 0.15) is 18.9 Å². The molecule has 16 heavy (non-hydrogen) atoms. The molecule has 0 saturated carbocycles. The summed E-state index contributed by atoms with van der Waals surface area (Å²) < 4.78 is 13.1. The monoisotopic (exact) mass is 262 g/mol. The van der Waals surface area contributed by atoms with Gasteiger partial charge in [0.15, 0.2) is 0 Å². The van der Waals surface area contributed by atoms with Gasteiger partial charge in [0.25, 0.3) is 0 Å². The quantitative estimate of drug-likeness (QED) is 0.881. The molecule has 1 aromatic rings. The van der Waals surface area contributed by atoms with Crippen LogP contribution in [0, 0.1) is 5.82 Å². The highest BCUT2D eigenvalue weighted by Gasteiger charge is 2.10. The molecule has 0 amide bonds. The molecule has 1 N–H and O–H groups in total. The number of hydrogen-bond acceptors (Lipinski definition) is 2. The van der Waals surface area contributed by atoms with E-state index in [-0.39, 0.29) is 16.7 Å². The topological polar surface area (TPSA) is 37.3 Å². The van der Waals surface area contributed by atoms with Gasteiger partial charge in [-0.25, -0.2) is 4.39 Å². The third kappa shape index (κ3) is 4.02. The molecule has 88 valence electrons. The van der Waals surface area contributed by atoms with Gasteiger partial charge in [-0.05, 0) is 11.6 Å². The zero-order chi connectivity index (χ0) is 12.1. The van der Waals surface area contributed by atoms with Crippen LogP contribution in [-0.2, 0) is 10.5 Å². The molecule has 5 heteroatoms. The molecule has 0 heterocycles. The van der Waals surface area contributed by atoms with Crippen molar-refractivity contribution < 1.29 is 14.3 Å². The molecule has 0 aliphatic carbocycles. The molecule has 0 radical (unpaired) electrons. The van der Waals surface area contributed by atoms with Gasteiger partial charge in [0, 0.05) is 11.0 Å². The lowest BCUT2D eigenvalue weighted by atomic mass is 10.2. The lowest BCUT2D eigenvalue weighted by Gasteiger charge is -2.09. The third-order valence-electron chi connectivity index (χ3n) is 2.02. The minimum absolute atomic E-state index is 0.0168. The smallest absolute Gasteiger partial charge is 0.304 e. The molecule has 0 saturated heterocycles. The van der Waals surface area contributed by atoms with Crippen molar-refractivity contribution in [2.75, 3.05) is 0 Å². The van der Waals surface area contributed by atoms with E-state index in [1.54, 1.807) is 12.1 Å². The van der Waals surface area contributed by atoms with Crippen molar-refractivity contribution in [1.29, 1.82) is 0 Å². The van der Waals surface area contributed by atoms with Crippen molar-refractivity contribution in [3.05, 3.63) is 34.6 Å². The first-order chi connectivity index (χ1) is 7.50. The average Bonchev–Trinajstić information content (AvgIpc) is 2.19. The Balaban J connectivity index is 2.54. The van der Waals surface area contributed by atoms with Gasteiger partial charge in [-0.1, -0.05) is 30.7 Å². The minimum Gasteiger partial charge on any atom is -0.481 e. The Morgan fingerprint density at radius 3 is 2.94 bits per heavy atom. The second kappa shape index (κ2) is 6.11. The Hall–Kier alpha value is -0.740. The van der Waals surface area contributed by atoms with E-state index in [1.807, 2.05) is 6.92 Å². The van der Waals surface area contributed by atoms with Crippen LogP contribution in [0.3, 0.4) is 0 Å². The highest BCUT2D eigenvalue weighted by atomic mass is 35.5. The van der Waals surface area contributed by atoms with Gasteiger partial charge >= 0.3 is 5.97 Å². The first kappa shape index (κ1) is 13.3. The van der Waals surface area contributed by atoms with Gasteiger partial charge in [0.1, 0.15) is 5.82 Å². The maximum absolute atomic E-state index is 13.1. The summed E-state index contributed by atoms with van der Waals surface area (Å²) in [5.41, 5.74) is 0.698. The highest BCUT2D eigenvalue weighted by Crippen LogP contribution is 2.26. The van der Waals surface area contributed by atoms with Gasteiger partial charge in [-0.2, -0.15) is 11.8 Å². The lowest BCUT2D eigenvalue weighted by Crippen LogP contribution is -2.06. The summed E-state index contributed by atoms with van der Waals surface area (Å²) >= 11 is 7.23. The molecular weight excluding hydrogens is 251 g/mol. The van der Waals surface area contributed by atoms with Crippen molar-refractivity contribution in [2.24, 2.45) is 0 Å². The van der Waals surface area contributed by atoms with Crippen LogP contribution in [0.5, 0.6) is 0 Å². The zero-order valence-electron chi connectivity index (χ0n) is 8.74. The Kier molecular flexibility index (Phi) is 5.09. The van der Waals surface area contributed by atoms with Gasteiger partial charge < -0.3 is 5.11 Å². The number of thioether (sulfide) groups is 1. The molecular formula is C11H12ClFO2S. The fraction of sp³-hybridized carbons (Fsp3) is 0.364. The molecule has 0 spiro atoms. The van der Waals surface area contributed by atoms with Crippen LogP contribution < -0.4 is 0 Å². The Morgan fingerprint density at radius 1 is 1.62 bits per heavy atom. The van der Waals surface area contributed by atoms with Crippen LogP contribution >= 0.6 is 23.4 Å². The predicted molar refractivity (Wildman–Crippen MR) is 64.4 cm³/mol. The molecule has 1 unspecified atom stereocenters. The largest absolute Gasteiger partial charge is 0.481 e. The standard InChI is InChI=1S/C11H12ClFO2S/c1-7(5-10(14)15)16-6-8-3-2-4-9(13)11(8)12/h2-4,7H,5-6H2,1H3,(H,14,15). The fourth-order valence-electron chi connectivity index (χ4n) is 1.20. The summed E-state index contributed by atoms with van der Waals surface area (Å²) in [5, 5.41) is 8.69. The van der Waals surface area contributed by atoms with E-state index in [4.69, 9.17) is 16.7 Å². The number of carboxylic acid groups (broad SMARTS) is 1. The first-order valence-electron chi connectivity index (χ1n) is 4.77. The number of rotatable bonds is 5. The molecule has 1 rings (SSSR count). The van der Waals surface area contributed by atoms with Crippen LogP contribution in [0.2, 0.25) is 5.02 Å². The van der Waals surface area contributed by atoms with E-state index in [9.17, 15) is 9.18 Å². The summed E-state index contributed by atoms with van der Waals surface area (Å²) in [6.07, 6.45) is 0.0948. The van der Waals surface area contributed by atoms with Crippen molar-refractivity contribution in [3.63, 3.8) is 0 Å². The summed E-state index contributed by atoms with van der Waals surface area (Å²) in [6, 6.07) is 4.64. The molecule has 0 aliphatic heterocycles. The maximum atomic E-state index is 13.1. The van der Waals surface area contributed by atoms with Crippen molar-refractivity contribution in [2.45, 2.75) is 24.3 Å². The summed E-state index contributed by atoms with van der Waals surface area (Å²) in [4.78, 5) is 10.4. The summed E-state index contributed by atoms with van der Waals surface area (Å²) in [7, 11) is 0. The lowest BCUT2D eigenvalue weighted by molar-refractivity contribution is -0.136. The van der Waals surface area contributed by atoms with Crippen LogP contribution in [-0.4, -0.2) is 16.3 Å². The molecule has 0 bridgehead atoms. The fourth-order valence-corrected chi connectivity index (χ4v) is 2.43. The van der Waals surface area contributed by atoms with E-state index in [0.29, 0.717) is 11.3 Å². The Labute approximate surface area is 103 Å². The van der Waals surface area contributed by atoms with Crippen molar-refractivity contribution in [1.82, 2.24) is 0 Å². The molecule has 0 aromatic heterocycles. The normalized spacial score (nSPS) is 12.4. The van der Waals surface area contributed by atoms with E-state index in [0.717, 1.165) is 0 Å². The minimum atomic E-state index is -0.828. The van der Waals surface area contributed by atoms with Crippen LogP contribution in [0.4, 0.5) is 4.39 Å². The zero-order valence-corrected chi connectivity index (χ0v) is 10.3. The SMILES string of the molecule is CC(CC(=O)O)SCc1cccc(F)c1Cl. The molecule has 1 aromatic carbocycles. The van der Waals surface area contributed by atoms with E-state index >= 15 is 0 Å². The number of benzene rings is 1. The number of carboxylic acids is 1. The summed E-state index contributed by atoms with van der Waals surface area (Å²) in [5.74, 6) is -0.749. The summed E-state index contributed by atoms with van der Waals surface area (Å²) in [6.45, 7) is 1.83. The molecule has 0 aliphatic rings. The van der Waals surface area contributed by atoms with E-state index in [1.165, 1.54) is 17.8 Å². The van der Waals surface area contributed by atoms with Crippen LogP contribution in [0.15, 0.2) is 18.2 Å². The number of aliphatic carboxylic acids is 1. The van der Waals surface area contributed by atoms with E-state index < -0.39 is 11.8 Å². The van der Waals surface area contributed by atoms with Gasteiger partial charge in [-0.3, -0.25) is 4.79 Å². The predicted octanol–water partition coefficient (Wildman–Crippen LogP) is 3.58. The van der Waals surface area contributed by atoms with Gasteiger partial charge in [0.2, 0.25) is 0 Å². The molecule has 2 nitrogen and oxygen atoms in total. The highest BCUT2D eigenvalue weighted by molar-refractivity contribution is 7.99. The van der Waals surface area contributed by atoms with Gasteiger partial charge in [0.05, 0.1) is 11.4 Å². The molecule has 1 atom stereocenters. The Bertz CT molecular complexity index is 384. The van der Waals surface area contributed by atoms with Crippen molar-refractivity contribution in [3.8, 4) is 0 Å². The van der Waals surface area contributed by atoms with Gasteiger partial charge in [-0.15, -0.1) is 0 Å². The number of hydrogen-bond donors (Lipinski definition) is 1. The van der Waals surface area contributed by atoms with Crippen LogP contribution in [0.25, 0.3) is 0 Å². The van der Waals surface area contributed by atoms with E-state index in [2.05, 4.69) is 0 Å². The third-order valence-corrected chi connectivity index (χ3v) is 3.65. The van der Waals surface area contributed by atoms with Crippen molar-refractivity contribution >= 4 is 29.3 Å².